The van der Waals surface area contributed by atoms with E-state index in [2.05, 4.69) is 130 Å². The molecule has 1 aliphatic heterocycles. The maximum atomic E-state index is 2.46. The van der Waals surface area contributed by atoms with E-state index in [1.54, 1.807) is 0 Å². The summed E-state index contributed by atoms with van der Waals surface area (Å²) >= 11 is 3.75. The van der Waals surface area contributed by atoms with Crippen LogP contribution in [0.5, 0.6) is 0 Å². The molecule has 1 aromatic heterocycles. The Kier molecular flexibility index (Phi) is 9.66. The third kappa shape index (κ3) is 6.47. The van der Waals surface area contributed by atoms with Crippen LogP contribution < -0.4 is 33.4 Å². The molecule has 2 aromatic carbocycles. The van der Waals surface area contributed by atoms with E-state index in [-0.39, 0.29) is 29.4 Å². The van der Waals surface area contributed by atoms with E-state index in [0.717, 1.165) is 25.9 Å². The van der Waals surface area contributed by atoms with Crippen LogP contribution in [0, 0.1) is 5.41 Å². The number of aromatic nitrogens is 1. The Balaban J connectivity index is 0.00000353. The SMILES string of the molecule is CCN1/C(=C/C=C(\C)C2=C/C(=C(C)/C=C/c3sc4ccccc4[n+]3CC)CC(C)(C)C2)Sc2ccccc21.[I-]. The quantitative estimate of drug-likeness (QED) is 0.214. The number of allylic oxidation sites excluding steroid dienone is 8. The fraction of sp³-hybridized carbons (Fsp3) is 0.324. The van der Waals surface area contributed by atoms with Gasteiger partial charge in [0.15, 0.2) is 0 Å². The smallest absolute Gasteiger partial charge is 0.262 e. The topological polar surface area (TPSA) is 7.12 Å². The van der Waals surface area contributed by atoms with Crippen LogP contribution in [0.3, 0.4) is 0 Å². The number of hydrogen-bond donors (Lipinski definition) is 0. The van der Waals surface area contributed by atoms with Crippen molar-refractivity contribution < 1.29 is 28.5 Å². The summed E-state index contributed by atoms with van der Waals surface area (Å²) in [6, 6.07) is 17.4. The van der Waals surface area contributed by atoms with E-state index in [0.29, 0.717) is 0 Å². The molecular weight excluding hydrogens is 627 g/mol. The van der Waals surface area contributed by atoms with Crippen molar-refractivity contribution in [2.45, 2.75) is 65.8 Å². The number of aryl methyl sites for hydroxylation is 1. The van der Waals surface area contributed by atoms with Gasteiger partial charge in [0.05, 0.1) is 10.7 Å². The summed E-state index contributed by atoms with van der Waals surface area (Å²) in [5.74, 6) is 0. The molecule has 0 spiro atoms. The Morgan fingerprint density at radius 3 is 2.54 bits per heavy atom. The minimum Gasteiger partial charge on any atom is -1.00 e. The molecule has 204 valence electrons. The van der Waals surface area contributed by atoms with E-state index in [1.165, 1.54) is 53.1 Å². The molecule has 0 saturated heterocycles. The maximum Gasteiger partial charge on any atom is 0.262 e. The molecule has 0 amide bonds. The summed E-state index contributed by atoms with van der Waals surface area (Å²) < 4.78 is 3.76. The molecule has 3 aromatic rings. The van der Waals surface area contributed by atoms with Gasteiger partial charge >= 0.3 is 0 Å². The minimum absolute atomic E-state index is 0. The van der Waals surface area contributed by atoms with Gasteiger partial charge in [-0.3, -0.25) is 0 Å². The van der Waals surface area contributed by atoms with Gasteiger partial charge in [-0.25, -0.2) is 0 Å². The molecule has 5 heteroatoms. The molecule has 39 heavy (non-hydrogen) atoms. The zero-order chi connectivity index (χ0) is 26.9. The molecule has 0 fully saturated rings. The summed E-state index contributed by atoms with van der Waals surface area (Å²) in [5, 5.41) is 2.62. The lowest BCUT2D eigenvalue weighted by Crippen LogP contribution is -3.00. The lowest BCUT2D eigenvalue weighted by Gasteiger charge is -2.32. The Morgan fingerprint density at radius 1 is 1.03 bits per heavy atom. The highest BCUT2D eigenvalue weighted by Crippen LogP contribution is 2.46. The number of anilines is 1. The van der Waals surface area contributed by atoms with Gasteiger partial charge in [0.1, 0.15) is 11.2 Å². The third-order valence-electron chi connectivity index (χ3n) is 7.56. The molecule has 0 bridgehead atoms. The number of fused-ring (bicyclic) bond motifs is 2. The fourth-order valence-corrected chi connectivity index (χ4v) is 7.78. The van der Waals surface area contributed by atoms with Crippen molar-refractivity contribution in [3.05, 3.63) is 105 Å². The molecule has 0 unspecified atom stereocenters. The Bertz CT molecular complexity index is 1520. The average molecular weight is 667 g/mol. The summed E-state index contributed by atoms with van der Waals surface area (Å²) in [6.45, 7) is 15.8. The third-order valence-corrected chi connectivity index (χ3v) is 9.82. The van der Waals surface area contributed by atoms with Crippen LogP contribution in [-0.2, 0) is 6.54 Å². The predicted octanol–water partition coefficient (Wildman–Crippen LogP) is 6.71. The van der Waals surface area contributed by atoms with Crippen LogP contribution in [-0.4, -0.2) is 6.54 Å². The van der Waals surface area contributed by atoms with Crippen molar-refractivity contribution in [2.75, 3.05) is 11.4 Å². The molecule has 2 aliphatic rings. The molecule has 2 heterocycles. The fourth-order valence-electron chi connectivity index (χ4n) is 5.53. The average Bonchev–Trinajstić information content (AvgIpc) is 3.46. The highest BCUT2D eigenvalue weighted by Gasteiger charge is 2.27. The zero-order valence-electron chi connectivity index (χ0n) is 23.9. The van der Waals surface area contributed by atoms with E-state index < -0.39 is 0 Å². The molecule has 0 radical (unpaired) electrons. The molecule has 5 rings (SSSR count). The number of para-hydroxylation sites is 2. The van der Waals surface area contributed by atoms with Crippen LogP contribution in [0.25, 0.3) is 16.3 Å². The molecule has 1 aliphatic carbocycles. The summed E-state index contributed by atoms with van der Waals surface area (Å²) in [6.07, 6.45) is 14.0. The summed E-state index contributed by atoms with van der Waals surface area (Å²) in [7, 11) is 0. The number of thioether (sulfide) groups is 1. The second-order valence-corrected chi connectivity index (χ2v) is 13.2. The molecular formula is C34H39IN2S2. The number of thiazole rings is 1. The van der Waals surface area contributed by atoms with Gasteiger partial charge in [0.2, 0.25) is 5.52 Å². The first-order valence-electron chi connectivity index (χ1n) is 13.7. The summed E-state index contributed by atoms with van der Waals surface area (Å²) in [4.78, 5) is 3.76. The first kappa shape index (κ1) is 29.9. The Morgan fingerprint density at radius 2 is 1.77 bits per heavy atom. The van der Waals surface area contributed by atoms with Crippen LogP contribution in [0.15, 0.2) is 105 Å². The number of nitrogens with zero attached hydrogens (tertiary/aromatic N) is 2. The number of benzene rings is 2. The van der Waals surface area contributed by atoms with E-state index in [9.17, 15) is 0 Å². The number of halogens is 1. The van der Waals surface area contributed by atoms with Gasteiger partial charge < -0.3 is 28.9 Å². The van der Waals surface area contributed by atoms with Crippen LogP contribution in [0.4, 0.5) is 5.69 Å². The van der Waals surface area contributed by atoms with Gasteiger partial charge in [-0.15, -0.1) is 0 Å². The first-order chi connectivity index (χ1) is 18.3. The van der Waals surface area contributed by atoms with Crippen molar-refractivity contribution in [2.24, 2.45) is 5.41 Å². The van der Waals surface area contributed by atoms with E-state index >= 15 is 0 Å². The van der Waals surface area contributed by atoms with Crippen LogP contribution >= 0.6 is 23.1 Å². The predicted molar refractivity (Wildman–Crippen MR) is 168 cm³/mol. The first-order valence-corrected chi connectivity index (χ1v) is 15.4. The molecule has 0 N–H and O–H groups in total. The standard InChI is InChI=1S/C34H39N2S2.HI/c1-7-35-28-13-9-11-15-30(28)37-32(35)19-17-24(3)26-21-27(23-34(5,6)22-26)25(4)18-20-33-36(8-2)29-14-10-12-16-31(29)38-33;/h9-21H,7-8,22-23H2,1-6H3;1H/q+1;/p-1. The summed E-state index contributed by atoms with van der Waals surface area (Å²) in [5.41, 5.74) is 8.52. The van der Waals surface area contributed by atoms with E-state index in [1.807, 2.05) is 23.1 Å². The minimum atomic E-state index is 0. The zero-order valence-corrected chi connectivity index (χ0v) is 27.7. The van der Waals surface area contributed by atoms with Crippen LogP contribution in [0.2, 0.25) is 0 Å². The Labute approximate surface area is 259 Å². The normalized spacial score (nSPS) is 19.4. The van der Waals surface area contributed by atoms with Gasteiger partial charge in [-0.05, 0) is 92.5 Å². The van der Waals surface area contributed by atoms with Crippen LogP contribution in [0.1, 0.15) is 59.4 Å². The van der Waals surface area contributed by atoms with Gasteiger partial charge in [0, 0.05) is 23.6 Å². The molecule has 2 nitrogen and oxygen atoms in total. The van der Waals surface area contributed by atoms with E-state index in [4.69, 9.17) is 0 Å². The van der Waals surface area contributed by atoms with Gasteiger partial charge in [-0.1, -0.05) is 79.4 Å². The lowest BCUT2D eigenvalue weighted by molar-refractivity contribution is -0.665. The Hall–Kier alpha value is -2.09. The van der Waals surface area contributed by atoms with Crippen molar-refractivity contribution in [1.82, 2.24) is 0 Å². The highest BCUT2D eigenvalue weighted by molar-refractivity contribution is 8.03. The molecule has 0 saturated carbocycles. The largest absolute Gasteiger partial charge is 1.00 e. The number of rotatable bonds is 6. The molecule has 0 atom stereocenters. The monoisotopic (exact) mass is 666 g/mol. The van der Waals surface area contributed by atoms with Crippen molar-refractivity contribution in [1.29, 1.82) is 0 Å². The second kappa shape index (κ2) is 12.6. The number of hydrogen-bond acceptors (Lipinski definition) is 3. The van der Waals surface area contributed by atoms with Crippen molar-refractivity contribution >= 4 is 45.1 Å². The van der Waals surface area contributed by atoms with Crippen molar-refractivity contribution in [3.8, 4) is 0 Å². The lowest BCUT2D eigenvalue weighted by atomic mass is 9.73. The second-order valence-electron chi connectivity index (χ2n) is 11.0. The van der Waals surface area contributed by atoms with Gasteiger partial charge in [0.25, 0.3) is 5.01 Å². The highest BCUT2D eigenvalue weighted by atomic mass is 127. The van der Waals surface area contributed by atoms with Crippen molar-refractivity contribution in [3.63, 3.8) is 0 Å². The maximum absolute atomic E-state index is 2.46. The van der Waals surface area contributed by atoms with Gasteiger partial charge in [-0.2, -0.15) is 4.57 Å².